The number of rotatable bonds is 5. The van der Waals surface area contributed by atoms with E-state index in [1.54, 1.807) is 6.33 Å². The third-order valence-electron chi connectivity index (χ3n) is 4.75. The molecule has 0 saturated carbocycles. The molecule has 4 rings (SSSR count). The fourth-order valence-corrected chi connectivity index (χ4v) is 3.38. The number of hydrogen-bond donors (Lipinski definition) is 1. The summed E-state index contributed by atoms with van der Waals surface area (Å²) in [6.45, 7) is 5.07. The summed E-state index contributed by atoms with van der Waals surface area (Å²) >= 11 is 0. The van der Waals surface area contributed by atoms with Crippen LogP contribution in [0, 0.1) is 5.92 Å². The summed E-state index contributed by atoms with van der Waals surface area (Å²) in [4.78, 5) is 11.2. The monoisotopic (exact) mass is 348 g/mol. The van der Waals surface area contributed by atoms with Crippen molar-refractivity contribution in [1.29, 1.82) is 0 Å². The molecule has 3 aromatic rings. The molecule has 1 N–H and O–H groups in total. The van der Waals surface area contributed by atoms with Gasteiger partial charge in [-0.2, -0.15) is 5.10 Å². The van der Waals surface area contributed by atoms with E-state index in [0.29, 0.717) is 6.54 Å². The average Bonchev–Trinajstić information content (AvgIpc) is 3.16. The van der Waals surface area contributed by atoms with E-state index in [1.165, 1.54) is 12.8 Å². The molecule has 134 valence electrons. The van der Waals surface area contributed by atoms with Crippen LogP contribution in [0.3, 0.4) is 0 Å². The lowest BCUT2D eigenvalue weighted by molar-refractivity contribution is 0.444. The summed E-state index contributed by atoms with van der Waals surface area (Å²) in [5, 5.41) is 7.98. The zero-order valence-electron chi connectivity index (χ0n) is 15.0. The van der Waals surface area contributed by atoms with Gasteiger partial charge in [0.2, 0.25) is 0 Å². The number of para-hydroxylation sites is 1. The first kappa shape index (κ1) is 16.6. The Morgan fingerprint density at radius 3 is 2.88 bits per heavy atom. The van der Waals surface area contributed by atoms with Gasteiger partial charge in [-0.3, -0.25) is 0 Å². The minimum absolute atomic E-state index is 0.632. The second-order valence-corrected chi connectivity index (χ2v) is 6.90. The third kappa shape index (κ3) is 3.85. The second kappa shape index (κ2) is 7.56. The molecule has 0 radical (unpaired) electrons. The molecule has 1 aromatic carbocycles. The van der Waals surface area contributed by atoms with Crippen LogP contribution in [0.15, 0.2) is 55.0 Å². The Kier molecular flexibility index (Phi) is 4.82. The molecule has 26 heavy (non-hydrogen) atoms. The molecule has 1 saturated heterocycles. The van der Waals surface area contributed by atoms with Crippen molar-refractivity contribution in [1.82, 2.24) is 19.7 Å². The SMILES string of the molecule is CC1CCCN(c2cc(NCc3ccn(-c4ccccc4)n3)ncn2)C1. The molecule has 6 heteroatoms. The van der Waals surface area contributed by atoms with E-state index in [1.807, 2.05) is 53.3 Å². The highest BCUT2D eigenvalue weighted by Gasteiger charge is 2.17. The Labute approximate surface area is 153 Å². The predicted molar refractivity (Wildman–Crippen MR) is 104 cm³/mol. The molecule has 1 fully saturated rings. The van der Waals surface area contributed by atoms with E-state index in [9.17, 15) is 0 Å². The summed E-state index contributed by atoms with van der Waals surface area (Å²) in [5.74, 6) is 2.56. The Balaban J connectivity index is 1.41. The number of aromatic nitrogens is 4. The van der Waals surface area contributed by atoms with Gasteiger partial charge >= 0.3 is 0 Å². The van der Waals surface area contributed by atoms with Crippen LogP contribution >= 0.6 is 0 Å². The summed E-state index contributed by atoms with van der Waals surface area (Å²) in [5.41, 5.74) is 2.03. The first-order chi connectivity index (χ1) is 12.8. The molecular weight excluding hydrogens is 324 g/mol. The molecule has 1 aliphatic heterocycles. The Morgan fingerprint density at radius 1 is 1.15 bits per heavy atom. The van der Waals surface area contributed by atoms with E-state index < -0.39 is 0 Å². The van der Waals surface area contributed by atoms with Gasteiger partial charge in [-0.25, -0.2) is 14.6 Å². The molecule has 3 heterocycles. The van der Waals surface area contributed by atoms with Crippen molar-refractivity contribution in [3.05, 3.63) is 60.7 Å². The summed E-state index contributed by atoms with van der Waals surface area (Å²) in [7, 11) is 0. The van der Waals surface area contributed by atoms with Gasteiger partial charge in [-0.05, 0) is 37.0 Å². The average molecular weight is 348 g/mol. The number of hydrogen-bond acceptors (Lipinski definition) is 5. The third-order valence-corrected chi connectivity index (χ3v) is 4.75. The quantitative estimate of drug-likeness (QED) is 0.764. The lowest BCUT2D eigenvalue weighted by Gasteiger charge is -2.31. The number of piperidine rings is 1. The van der Waals surface area contributed by atoms with Gasteiger partial charge in [0.1, 0.15) is 18.0 Å². The summed E-state index contributed by atoms with van der Waals surface area (Å²) in [6.07, 6.45) is 6.15. The molecule has 0 aliphatic carbocycles. The van der Waals surface area contributed by atoms with Crippen LogP contribution in [0.5, 0.6) is 0 Å². The topological polar surface area (TPSA) is 58.9 Å². The smallest absolute Gasteiger partial charge is 0.134 e. The van der Waals surface area contributed by atoms with Crippen LogP contribution in [0.25, 0.3) is 5.69 Å². The molecule has 6 nitrogen and oxygen atoms in total. The van der Waals surface area contributed by atoms with Gasteiger partial charge in [0.15, 0.2) is 0 Å². The van der Waals surface area contributed by atoms with Crippen molar-refractivity contribution in [2.75, 3.05) is 23.3 Å². The van der Waals surface area contributed by atoms with Crippen LogP contribution in [-0.2, 0) is 6.54 Å². The fraction of sp³-hybridized carbons (Fsp3) is 0.350. The van der Waals surface area contributed by atoms with Crippen molar-refractivity contribution in [3.8, 4) is 5.69 Å². The van der Waals surface area contributed by atoms with E-state index in [0.717, 1.165) is 42.0 Å². The van der Waals surface area contributed by atoms with Crippen LogP contribution in [0.2, 0.25) is 0 Å². The Hall–Kier alpha value is -2.89. The molecule has 2 aromatic heterocycles. The van der Waals surface area contributed by atoms with Gasteiger partial charge in [0.25, 0.3) is 0 Å². The zero-order chi connectivity index (χ0) is 17.8. The minimum atomic E-state index is 0.632. The normalized spacial score (nSPS) is 17.3. The second-order valence-electron chi connectivity index (χ2n) is 6.90. The van der Waals surface area contributed by atoms with E-state index >= 15 is 0 Å². The van der Waals surface area contributed by atoms with Gasteiger partial charge in [0, 0.05) is 25.4 Å². The van der Waals surface area contributed by atoms with E-state index in [-0.39, 0.29) is 0 Å². The molecule has 0 amide bonds. The van der Waals surface area contributed by atoms with Crippen LogP contribution in [-0.4, -0.2) is 32.8 Å². The van der Waals surface area contributed by atoms with E-state index in [4.69, 9.17) is 0 Å². The van der Waals surface area contributed by atoms with Crippen molar-refractivity contribution in [2.45, 2.75) is 26.3 Å². The maximum atomic E-state index is 4.62. The standard InChI is InChI=1S/C20H24N6/c1-16-6-5-10-25(14-16)20-12-19(22-15-23-20)21-13-17-9-11-26(24-17)18-7-3-2-4-8-18/h2-4,7-9,11-12,15-16H,5-6,10,13-14H2,1H3,(H,21,22,23). The summed E-state index contributed by atoms with van der Waals surface area (Å²) in [6, 6.07) is 14.2. The van der Waals surface area contributed by atoms with Crippen molar-refractivity contribution in [2.24, 2.45) is 5.92 Å². The minimum Gasteiger partial charge on any atom is -0.364 e. The molecule has 1 unspecified atom stereocenters. The molecular formula is C20H24N6. The first-order valence-corrected chi connectivity index (χ1v) is 9.19. The van der Waals surface area contributed by atoms with Crippen LogP contribution < -0.4 is 10.2 Å². The molecule has 1 aliphatic rings. The van der Waals surface area contributed by atoms with Gasteiger partial charge in [0.05, 0.1) is 17.9 Å². The largest absolute Gasteiger partial charge is 0.364 e. The Morgan fingerprint density at radius 2 is 2.04 bits per heavy atom. The lowest BCUT2D eigenvalue weighted by Crippen LogP contribution is -2.34. The lowest BCUT2D eigenvalue weighted by atomic mass is 10.0. The molecule has 0 spiro atoms. The van der Waals surface area contributed by atoms with Gasteiger partial charge in [-0.1, -0.05) is 25.1 Å². The Bertz CT molecular complexity index is 844. The first-order valence-electron chi connectivity index (χ1n) is 9.19. The summed E-state index contributed by atoms with van der Waals surface area (Å²) < 4.78 is 1.89. The maximum absolute atomic E-state index is 4.62. The zero-order valence-corrected chi connectivity index (χ0v) is 15.0. The highest BCUT2D eigenvalue weighted by atomic mass is 15.3. The number of nitrogens with one attached hydrogen (secondary N) is 1. The maximum Gasteiger partial charge on any atom is 0.134 e. The van der Waals surface area contributed by atoms with E-state index in [2.05, 4.69) is 32.2 Å². The van der Waals surface area contributed by atoms with Crippen LogP contribution in [0.4, 0.5) is 11.6 Å². The van der Waals surface area contributed by atoms with Crippen molar-refractivity contribution < 1.29 is 0 Å². The van der Waals surface area contributed by atoms with Crippen LogP contribution in [0.1, 0.15) is 25.5 Å². The predicted octanol–water partition coefficient (Wildman–Crippen LogP) is 3.51. The van der Waals surface area contributed by atoms with Crippen molar-refractivity contribution in [3.63, 3.8) is 0 Å². The fourth-order valence-electron chi connectivity index (χ4n) is 3.38. The molecule has 1 atom stereocenters. The molecule has 0 bridgehead atoms. The van der Waals surface area contributed by atoms with Crippen molar-refractivity contribution >= 4 is 11.6 Å². The van der Waals surface area contributed by atoms with Gasteiger partial charge in [-0.15, -0.1) is 0 Å². The number of benzene rings is 1. The highest BCUT2D eigenvalue weighted by molar-refractivity contribution is 5.48. The number of nitrogens with zero attached hydrogens (tertiary/aromatic N) is 5. The van der Waals surface area contributed by atoms with Gasteiger partial charge < -0.3 is 10.2 Å². The number of anilines is 2. The highest BCUT2D eigenvalue weighted by Crippen LogP contribution is 2.22.